The van der Waals surface area contributed by atoms with E-state index in [4.69, 9.17) is 20.3 Å². The van der Waals surface area contributed by atoms with Gasteiger partial charge in [-0.2, -0.15) is 11.8 Å². The highest BCUT2D eigenvalue weighted by molar-refractivity contribution is 7.99. The number of benzene rings is 1. The SMILES string of the molecule is CC(C)(N)C(=O)N[C@H](OCc1ccccc1)c1nnnn1CCOC(=O)NCCSCCO. The van der Waals surface area contributed by atoms with Gasteiger partial charge in [0.05, 0.1) is 25.3 Å². The molecular weight excluding hydrogens is 450 g/mol. The molecule has 0 unspecified atom stereocenters. The Morgan fingerprint density at radius 2 is 2.03 bits per heavy atom. The van der Waals surface area contributed by atoms with Gasteiger partial charge in [-0.25, -0.2) is 9.48 Å². The fourth-order valence-electron chi connectivity index (χ4n) is 2.47. The first-order chi connectivity index (χ1) is 15.8. The van der Waals surface area contributed by atoms with Crippen LogP contribution in [0.15, 0.2) is 30.3 Å². The second kappa shape index (κ2) is 13.7. The molecule has 1 atom stereocenters. The van der Waals surface area contributed by atoms with E-state index in [0.717, 1.165) is 5.56 Å². The number of aromatic nitrogens is 4. The van der Waals surface area contributed by atoms with E-state index in [-0.39, 0.29) is 32.2 Å². The summed E-state index contributed by atoms with van der Waals surface area (Å²) < 4.78 is 12.4. The lowest BCUT2D eigenvalue weighted by Gasteiger charge is -2.24. The van der Waals surface area contributed by atoms with Crippen molar-refractivity contribution in [2.75, 3.05) is 31.3 Å². The second-order valence-corrected chi connectivity index (χ2v) is 8.76. The van der Waals surface area contributed by atoms with E-state index < -0.39 is 23.8 Å². The molecule has 0 aliphatic carbocycles. The number of nitrogens with one attached hydrogen (secondary N) is 2. The molecule has 2 aromatic rings. The minimum Gasteiger partial charge on any atom is -0.448 e. The normalized spacial score (nSPS) is 12.2. The first-order valence-corrected chi connectivity index (χ1v) is 11.6. The van der Waals surface area contributed by atoms with Crippen LogP contribution < -0.4 is 16.4 Å². The van der Waals surface area contributed by atoms with E-state index in [1.165, 1.54) is 16.4 Å². The molecule has 182 valence electrons. The molecule has 0 spiro atoms. The number of carbonyl (C=O) groups excluding carboxylic acids is 2. The number of thioether (sulfide) groups is 1. The van der Waals surface area contributed by atoms with Crippen LogP contribution in [-0.4, -0.2) is 74.1 Å². The fourth-order valence-corrected chi connectivity index (χ4v) is 3.05. The highest BCUT2D eigenvalue weighted by atomic mass is 32.2. The van der Waals surface area contributed by atoms with Gasteiger partial charge in [0, 0.05) is 18.1 Å². The van der Waals surface area contributed by atoms with Crippen LogP contribution in [0.2, 0.25) is 0 Å². The van der Waals surface area contributed by atoms with Gasteiger partial charge in [-0.05, 0) is 29.8 Å². The molecule has 0 fully saturated rings. The maximum atomic E-state index is 12.5. The first-order valence-electron chi connectivity index (χ1n) is 10.4. The van der Waals surface area contributed by atoms with Gasteiger partial charge < -0.3 is 30.9 Å². The van der Waals surface area contributed by atoms with E-state index in [0.29, 0.717) is 18.1 Å². The van der Waals surface area contributed by atoms with Gasteiger partial charge in [-0.15, -0.1) is 5.10 Å². The Kier molecular flexibility index (Phi) is 11.0. The van der Waals surface area contributed by atoms with Crippen LogP contribution in [0.5, 0.6) is 0 Å². The highest BCUT2D eigenvalue weighted by Crippen LogP contribution is 2.15. The predicted molar refractivity (Wildman–Crippen MR) is 122 cm³/mol. The number of ether oxygens (including phenoxy) is 2. The van der Waals surface area contributed by atoms with Gasteiger partial charge in [0.15, 0.2) is 6.23 Å². The zero-order valence-electron chi connectivity index (χ0n) is 18.8. The maximum Gasteiger partial charge on any atom is 0.407 e. The molecule has 5 N–H and O–H groups in total. The van der Waals surface area contributed by atoms with Crippen LogP contribution >= 0.6 is 11.8 Å². The largest absolute Gasteiger partial charge is 0.448 e. The number of tetrazole rings is 1. The number of hydrogen-bond acceptors (Lipinski definition) is 10. The number of amides is 2. The van der Waals surface area contributed by atoms with Gasteiger partial charge in [0.2, 0.25) is 11.7 Å². The van der Waals surface area contributed by atoms with Gasteiger partial charge in [-0.1, -0.05) is 30.3 Å². The lowest BCUT2D eigenvalue weighted by atomic mass is 10.1. The zero-order valence-corrected chi connectivity index (χ0v) is 19.6. The summed E-state index contributed by atoms with van der Waals surface area (Å²) in [6.45, 7) is 4.05. The molecule has 1 aromatic heterocycles. The number of carbonyl (C=O) groups is 2. The zero-order chi connectivity index (χ0) is 24.1. The molecule has 33 heavy (non-hydrogen) atoms. The third kappa shape index (κ3) is 9.74. The van der Waals surface area contributed by atoms with Crippen LogP contribution in [0.4, 0.5) is 4.79 Å². The van der Waals surface area contributed by atoms with E-state index >= 15 is 0 Å². The quantitative estimate of drug-likeness (QED) is 0.216. The monoisotopic (exact) mass is 481 g/mol. The number of aliphatic hydroxyl groups excluding tert-OH is 1. The summed E-state index contributed by atoms with van der Waals surface area (Å²) in [4.78, 5) is 24.3. The first kappa shape index (κ1) is 26.5. The minimum absolute atomic E-state index is 0.00932. The van der Waals surface area contributed by atoms with Crippen LogP contribution in [0.3, 0.4) is 0 Å². The van der Waals surface area contributed by atoms with Crippen molar-refractivity contribution in [3.05, 3.63) is 41.7 Å². The predicted octanol–water partition coefficient (Wildman–Crippen LogP) is 0.194. The smallest absolute Gasteiger partial charge is 0.407 e. The van der Waals surface area contributed by atoms with E-state index in [1.54, 1.807) is 13.8 Å². The van der Waals surface area contributed by atoms with Crippen molar-refractivity contribution in [3.8, 4) is 0 Å². The van der Waals surface area contributed by atoms with Gasteiger partial charge in [0.1, 0.15) is 6.61 Å². The molecule has 1 aromatic carbocycles. The molecule has 0 saturated carbocycles. The van der Waals surface area contributed by atoms with E-state index in [1.807, 2.05) is 30.3 Å². The molecule has 0 radical (unpaired) electrons. The van der Waals surface area contributed by atoms with Crippen molar-refractivity contribution in [2.24, 2.45) is 5.73 Å². The van der Waals surface area contributed by atoms with E-state index in [9.17, 15) is 9.59 Å². The Bertz CT molecular complexity index is 860. The van der Waals surface area contributed by atoms with Crippen LogP contribution in [0.25, 0.3) is 0 Å². The molecule has 0 saturated heterocycles. The minimum atomic E-state index is -1.14. The number of hydrogen-bond donors (Lipinski definition) is 4. The Morgan fingerprint density at radius 1 is 1.27 bits per heavy atom. The van der Waals surface area contributed by atoms with Gasteiger partial charge in [0.25, 0.3) is 0 Å². The van der Waals surface area contributed by atoms with Crippen LogP contribution in [0, 0.1) is 0 Å². The number of nitrogens with two attached hydrogens (primary N) is 1. The summed E-state index contributed by atoms with van der Waals surface area (Å²) in [6.07, 6.45) is -1.53. The molecule has 2 rings (SSSR count). The summed E-state index contributed by atoms with van der Waals surface area (Å²) in [5.41, 5.74) is 5.67. The van der Waals surface area contributed by atoms with Crippen LogP contribution in [0.1, 0.15) is 31.5 Å². The number of aliphatic hydroxyl groups is 1. The Labute approximate surface area is 196 Å². The van der Waals surface area contributed by atoms with Crippen molar-refractivity contribution in [1.82, 2.24) is 30.8 Å². The number of alkyl carbamates (subject to hydrolysis) is 1. The van der Waals surface area contributed by atoms with Crippen molar-refractivity contribution in [1.29, 1.82) is 0 Å². The topological polar surface area (TPSA) is 167 Å². The fraction of sp³-hybridized carbons (Fsp3) is 0.550. The van der Waals surface area contributed by atoms with Gasteiger partial charge >= 0.3 is 6.09 Å². The highest BCUT2D eigenvalue weighted by Gasteiger charge is 2.28. The average Bonchev–Trinajstić information content (AvgIpc) is 3.24. The van der Waals surface area contributed by atoms with Crippen molar-refractivity contribution < 1.29 is 24.2 Å². The lowest BCUT2D eigenvalue weighted by molar-refractivity contribution is -0.130. The molecule has 0 aliphatic rings. The molecule has 13 heteroatoms. The number of rotatable bonds is 14. The molecule has 1 heterocycles. The maximum absolute atomic E-state index is 12.5. The third-order valence-corrected chi connectivity index (χ3v) is 5.15. The Morgan fingerprint density at radius 3 is 2.73 bits per heavy atom. The van der Waals surface area contributed by atoms with Crippen LogP contribution in [-0.2, 0) is 27.4 Å². The number of nitrogens with zero attached hydrogens (tertiary/aromatic N) is 4. The third-order valence-electron chi connectivity index (χ3n) is 4.19. The van der Waals surface area contributed by atoms with Gasteiger partial charge in [-0.3, -0.25) is 4.79 Å². The van der Waals surface area contributed by atoms with Crippen molar-refractivity contribution in [3.63, 3.8) is 0 Å². The summed E-state index contributed by atoms with van der Waals surface area (Å²) in [5, 5.41) is 25.6. The summed E-state index contributed by atoms with van der Waals surface area (Å²) in [5.74, 6) is 1.09. The summed E-state index contributed by atoms with van der Waals surface area (Å²) >= 11 is 1.52. The average molecular weight is 482 g/mol. The molecule has 0 bridgehead atoms. The van der Waals surface area contributed by atoms with Crippen molar-refractivity contribution in [2.45, 2.75) is 38.8 Å². The Balaban J connectivity index is 1.95. The van der Waals surface area contributed by atoms with E-state index in [2.05, 4.69) is 26.2 Å². The molecule has 2 amide bonds. The molecule has 0 aliphatic heterocycles. The molecular formula is C20H31N7O5S. The Hall–Kier alpha value is -2.74. The lowest BCUT2D eigenvalue weighted by Crippen LogP contribution is -2.50. The summed E-state index contributed by atoms with van der Waals surface area (Å²) in [6, 6.07) is 9.44. The van der Waals surface area contributed by atoms with Crippen molar-refractivity contribution >= 4 is 23.8 Å². The standard InChI is InChI=1S/C20H31N7O5S/c1-20(2,21)18(29)23-17(32-14-15-6-4-3-5-7-15)16-24-25-26-27(16)9-11-31-19(30)22-8-12-33-13-10-28/h3-7,17,28H,8-14,21H2,1-2H3,(H,22,30)(H,23,29)/t17-/m1/s1. The second-order valence-electron chi connectivity index (χ2n) is 7.53. The molecule has 12 nitrogen and oxygen atoms in total. The summed E-state index contributed by atoms with van der Waals surface area (Å²) in [7, 11) is 0.